The molecule has 1 heterocycles. The number of likely N-dealkylation sites (N-methyl/N-ethyl adjacent to an activating group) is 1. The maximum atomic E-state index is 9.83. The van der Waals surface area contributed by atoms with Gasteiger partial charge in [0.15, 0.2) is 0 Å². The van der Waals surface area contributed by atoms with Crippen LogP contribution in [0.5, 0.6) is 0 Å². The summed E-state index contributed by atoms with van der Waals surface area (Å²) in [6.45, 7) is 9.77. The number of hydrogen-bond acceptors (Lipinski definition) is 3. The molecule has 1 N–H and O–H groups in total. The molecular formula is C16H26N2O. The first-order valence-electron chi connectivity index (χ1n) is 7.18. The lowest BCUT2D eigenvalue weighted by molar-refractivity contribution is 0.139. The van der Waals surface area contributed by atoms with E-state index in [1.165, 1.54) is 5.69 Å². The molecule has 0 aromatic heterocycles. The van der Waals surface area contributed by atoms with E-state index < -0.39 is 0 Å². The van der Waals surface area contributed by atoms with Crippen LogP contribution in [0.3, 0.4) is 0 Å². The van der Waals surface area contributed by atoms with Crippen molar-refractivity contribution < 1.29 is 5.11 Å². The lowest BCUT2D eigenvalue weighted by Crippen LogP contribution is -2.57. The van der Waals surface area contributed by atoms with E-state index in [9.17, 15) is 5.11 Å². The molecule has 2 rings (SSSR count). The van der Waals surface area contributed by atoms with Crippen LogP contribution in [0.15, 0.2) is 24.3 Å². The molecule has 3 heteroatoms. The number of piperazine rings is 1. The Kier molecular flexibility index (Phi) is 4.16. The van der Waals surface area contributed by atoms with E-state index in [1.807, 2.05) is 6.92 Å². The summed E-state index contributed by atoms with van der Waals surface area (Å²) in [5, 5.41) is 9.83. The number of nitrogens with zero attached hydrogens (tertiary/aromatic N) is 2. The Morgan fingerprint density at radius 3 is 2.37 bits per heavy atom. The molecule has 1 aliphatic heterocycles. The Morgan fingerprint density at radius 1 is 1.21 bits per heavy atom. The Bertz CT molecular complexity index is 413. The van der Waals surface area contributed by atoms with Gasteiger partial charge in [0.2, 0.25) is 0 Å². The minimum Gasteiger partial charge on any atom is -0.388 e. The Balaban J connectivity index is 2.10. The van der Waals surface area contributed by atoms with Gasteiger partial charge in [0.05, 0.1) is 6.10 Å². The zero-order valence-corrected chi connectivity index (χ0v) is 12.6. The average Bonchev–Trinajstić information content (AvgIpc) is 2.41. The fraction of sp³-hybridized carbons (Fsp3) is 0.625. The molecule has 1 fully saturated rings. The van der Waals surface area contributed by atoms with Crippen molar-refractivity contribution in [3.8, 4) is 0 Å². The van der Waals surface area contributed by atoms with E-state index in [4.69, 9.17) is 0 Å². The summed E-state index contributed by atoms with van der Waals surface area (Å²) in [5.41, 5.74) is 2.48. The van der Waals surface area contributed by atoms with E-state index in [2.05, 4.69) is 55.0 Å². The highest BCUT2D eigenvalue weighted by Crippen LogP contribution is 2.26. The molecule has 19 heavy (non-hydrogen) atoms. The van der Waals surface area contributed by atoms with Gasteiger partial charge >= 0.3 is 0 Å². The highest BCUT2D eigenvalue weighted by atomic mass is 16.3. The number of rotatable bonds is 3. The molecule has 0 radical (unpaired) electrons. The van der Waals surface area contributed by atoms with Crippen molar-refractivity contribution in [2.75, 3.05) is 31.6 Å². The third-order valence-electron chi connectivity index (χ3n) is 4.35. The second kappa shape index (κ2) is 5.51. The number of aliphatic hydroxyl groups is 1. The zero-order valence-electron chi connectivity index (χ0n) is 12.6. The maximum absolute atomic E-state index is 9.83. The summed E-state index contributed by atoms with van der Waals surface area (Å²) in [7, 11) is 2.19. The van der Waals surface area contributed by atoms with E-state index in [0.717, 1.165) is 31.6 Å². The second-order valence-corrected chi connectivity index (χ2v) is 6.17. The first kappa shape index (κ1) is 14.4. The molecule has 0 bridgehead atoms. The lowest BCUT2D eigenvalue weighted by atomic mass is 9.99. The van der Waals surface area contributed by atoms with Crippen molar-refractivity contribution in [1.29, 1.82) is 0 Å². The molecule has 1 saturated heterocycles. The number of anilines is 1. The van der Waals surface area contributed by atoms with Gasteiger partial charge in [-0.1, -0.05) is 19.1 Å². The van der Waals surface area contributed by atoms with Gasteiger partial charge < -0.3 is 10.0 Å². The molecule has 1 aromatic rings. The minimum absolute atomic E-state index is 0.208. The summed E-state index contributed by atoms with van der Waals surface area (Å²) < 4.78 is 0. The van der Waals surface area contributed by atoms with Gasteiger partial charge in [-0.2, -0.15) is 0 Å². The molecule has 1 atom stereocenters. The quantitative estimate of drug-likeness (QED) is 0.907. The van der Waals surface area contributed by atoms with Gasteiger partial charge in [-0.25, -0.2) is 0 Å². The predicted molar refractivity (Wildman–Crippen MR) is 80.6 cm³/mol. The van der Waals surface area contributed by atoms with Crippen LogP contribution in [0, 0.1) is 0 Å². The monoisotopic (exact) mass is 262 g/mol. The summed E-state index contributed by atoms with van der Waals surface area (Å²) >= 11 is 0. The molecular weight excluding hydrogens is 236 g/mol. The number of aliphatic hydroxyl groups excluding tert-OH is 1. The van der Waals surface area contributed by atoms with E-state index in [-0.39, 0.29) is 11.6 Å². The standard InChI is InChI=1S/C16H26N2O/c1-5-15(19)13-6-8-14(9-7-13)18-11-10-17(4)16(2,3)12-18/h6-9,15,19H,5,10-12H2,1-4H3. The van der Waals surface area contributed by atoms with E-state index in [1.54, 1.807) is 0 Å². The molecule has 3 nitrogen and oxygen atoms in total. The van der Waals surface area contributed by atoms with E-state index >= 15 is 0 Å². The largest absolute Gasteiger partial charge is 0.388 e. The Labute approximate surface area is 116 Å². The number of benzene rings is 1. The highest BCUT2D eigenvalue weighted by Gasteiger charge is 2.30. The van der Waals surface area contributed by atoms with Crippen LogP contribution in [0.4, 0.5) is 5.69 Å². The lowest BCUT2D eigenvalue weighted by Gasteiger charge is -2.46. The third kappa shape index (κ3) is 3.10. The molecule has 1 aromatic carbocycles. The minimum atomic E-state index is -0.335. The smallest absolute Gasteiger partial charge is 0.0787 e. The molecule has 1 unspecified atom stereocenters. The van der Waals surface area contributed by atoms with Crippen molar-refractivity contribution in [1.82, 2.24) is 4.90 Å². The maximum Gasteiger partial charge on any atom is 0.0787 e. The van der Waals surface area contributed by atoms with Crippen LogP contribution in [0.1, 0.15) is 38.9 Å². The molecule has 0 aliphatic carbocycles. The molecule has 0 spiro atoms. The van der Waals surface area contributed by atoms with Gasteiger partial charge in [-0.3, -0.25) is 4.90 Å². The van der Waals surface area contributed by atoms with Crippen LogP contribution >= 0.6 is 0 Å². The first-order chi connectivity index (χ1) is 8.94. The van der Waals surface area contributed by atoms with Gasteiger partial charge in [0, 0.05) is 30.9 Å². The summed E-state index contributed by atoms with van der Waals surface area (Å²) in [6, 6.07) is 8.37. The second-order valence-electron chi connectivity index (χ2n) is 6.17. The molecule has 106 valence electrons. The zero-order chi connectivity index (χ0) is 14.0. The van der Waals surface area contributed by atoms with Crippen molar-refractivity contribution in [3.63, 3.8) is 0 Å². The summed E-state index contributed by atoms with van der Waals surface area (Å²) in [4.78, 5) is 4.85. The van der Waals surface area contributed by atoms with Crippen LogP contribution in [-0.2, 0) is 0 Å². The Hall–Kier alpha value is -1.06. The van der Waals surface area contributed by atoms with Gasteiger partial charge in [0.1, 0.15) is 0 Å². The van der Waals surface area contributed by atoms with Crippen molar-refractivity contribution in [2.45, 2.75) is 38.8 Å². The summed E-state index contributed by atoms with van der Waals surface area (Å²) in [5.74, 6) is 0. The first-order valence-corrected chi connectivity index (χ1v) is 7.18. The summed E-state index contributed by atoms with van der Waals surface area (Å²) in [6.07, 6.45) is 0.430. The average molecular weight is 262 g/mol. The SMILES string of the molecule is CCC(O)c1ccc(N2CCN(C)C(C)(C)C2)cc1. The molecule has 0 amide bonds. The van der Waals surface area contributed by atoms with Crippen molar-refractivity contribution in [2.24, 2.45) is 0 Å². The van der Waals surface area contributed by atoms with Gasteiger partial charge in [0.25, 0.3) is 0 Å². The molecule has 0 saturated carbocycles. The van der Waals surface area contributed by atoms with E-state index in [0.29, 0.717) is 0 Å². The van der Waals surface area contributed by atoms with Gasteiger partial charge in [-0.15, -0.1) is 0 Å². The third-order valence-corrected chi connectivity index (χ3v) is 4.35. The van der Waals surface area contributed by atoms with Crippen molar-refractivity contribution in [3.05, 3.63) is 29.8 Å². The fourth-order valence-electron chi connectivity index (χ4n) is 2.60. The Morgan fingerprint density at radius 2 is 1.84 bits per heavy atom. The topological polar surface area (TPSA) is 26.7 Å². The highest BCUT2D eigenvalue weighted by molar-refractivity contribution is 5.49. The predicted octanol–water partition coefficient (Wildman–Crippen LogP) is 2.66. The van der Waals surface area contributed by atoms with Gasteiger partial charge in [-0.05, 0) is 45.0 Å². The van der Waals surface area contributed by atoms with Crippen LogP contribution in [0.25, 0.3) is 0 Å². The van der Waals surface area contributed by atoms with Crippen LogP contribution in [-0.4, -0.2) is 42.2 Å². The van der Waals surface area contributed by atoms with Crippen LogP contribution < -0.4 is 4.90 Å². The fourth-order valence-corrected chi connectivity index (χ4v) is 2.60. The normalized spacial score (nSPS) is 21.4. The van der Waals surface area contributed by atoms with Crippen molar-refractivity contribution >= 4 is 5.69 Å². The van der Waals surface area contributed by atoms with Crippen LogP contribution in [0.2, 0.25) is 0 Å². The number of hydrogen-bond donors (Lipinski definition) is 1. The molecule has 1 aliphatic rings.